The zero-order valence-electron chi connectivity index (χ0n) is 18.4. The molecule has 8 nitrogen and oxygen atoms in total. The number of rotatable bonds is 9. The lowest BCUT2D eigenvalue weighted by molar-refractivity contribution is -0.116. The number of ether oxygens (including phenoxy) is 2. The van der Waals surface area contributed by atoms with Crippen molar-refractivity contribution in [1.82, 2.24) is 4.90 Å². The second kappa shape index (κ2) is 10.8. The molecule has 3 rings (SSSR count). The minimum Gasteiger partial charge on any atom is -0.495 e. The summed E-state index contributed by atoms with van der Waals surface area (Å²) in [6.45, 7) is 2.07. The third kappa shape index (κ3) is 6.10. The molecule has 3 aromatic rings. The van der Waals surface area contributed by atoms with Crippen molar-refractivity contribution in [2.24, 2.45) is 5.73 Å². The molecule has 8 heteroatoms. The lowest BCUT2D eigenvalue weighted by Gasteiger charge is -2.21. The SMILES string of the molecule is CCN(CC(=O)Nc1ccccc1OC)C(=O)c1ccc(Oc2ccc(C(N)=O)cc2)cc1. The van der Waals surface area contributed by atoms with E-state index in [1.54, 1.807) is 72.8 Å². The first kappa shape index (κ1) is 23.3. The average Bonchev–Trinajstić information content (AvgIpc) is 2.83. The van der Waals surface area contributed by atoms with Crippen molar-refractivity contribution in [2.45, 2.75) is 6.92 Å². The Hall–Kier alpha value is -4.33. The number of para-hydroxylation sites is 2. The van der Waals surface area contributed by atoms with Gasteiger partial charge in [0, 0.05) is 17.7 Å². The monoisotopic (exact) mass is 447 g/mol. The fourth-order valence-corrected chi connectivity index (χ4v) is 3.11. The van der Waals surface area contributed by atoms with Crippen LogP contribution in [0.1, 0.15) is 27.6 Å². The van der Waals surface area contributed by atoms with Gasteiger partial charge in [-0.2, -0.15) is 0 Å². The summed E-state index contributed by atoms with van der Waals surface area (Å²) in [5, 5.41) is 2.77. The first-order valence-corrected chi connectivity index (χ1v) is 10.3. The summed E-state index contributed by atoms with van der Waals surface area (Å²) in [7, 11) is 1.52. The standard InChI is InChI=1S/C25H25N3O5/c1-3-28(16-23(29)27-21-6-4-5-7-22(21)32-2)25(31)18-10-14-20(15-11-18)33-19-12-8-17(9-13-19)24(26)30/h4-15H,3,16H2,1-2H3,(H2,26,30)(H,27,29). The van der Waals surface area contributed by atoms with Crippen LogP contribution in [0.4, 0.5) is 5.69 Å². The van der Waals surface area contributed by atoms with Crippen LogP contribution in [-0.4, -0.2) is 42.8 Å². The van der Waals surface area contributed by atoms with E-state index < -0.39 is 5.91 Å². The predicted octanol–water partition coefficient (Wildman–Crippen LogP) is 3.69. The molecule has 3 amide bonds. The number of primary amides is 1. The van der Waals surface area contributed by atoms with Crippen LogP contribution in [-0.2, 0) is 4.79 Å². The first-order chi connectivity index (χ1) is 15.9. The zero-order valence-corrected chi connectivity index (χ0v) is 18.4. The molecule has 0 atom stereocenters. The molecule has 0 aliphatic rings. The molecule has 0 bridgehead atoms. The number of benzene rings is 3. The predicted molar refractivity (Wildman–Crippen MR) is 125 cm³/mol. The van der Waals surface area contributed by atoms with Crippen molar-refractivity contribution in [1.29, 1.82) is 0 Å². The van der Waals surface area contributed by atoms with Crippen LogP contribution in [0.25, 0.3) is 0 Å². The fourth-order valence-electron chi connectivity index (χ4n) is 3.11. The van der Waals surface area contributed by atoms with Crippen molar-refractivity contribution in [2.75, 3.05) is 25.5 Å². The summed E-state index contributed by atoms with van der Waals surface area (Å²) in [4.78, 5) is 38.0. The van der Waals surface area contributed by atoms with Crippen LogP contribution in [0.2, 0.25) is 0 Å². The number of amides is 3. The molecule has 0 aromatic heterocycles. The molecule has 0 saturated carbocycles. The Balaban J connectivity index is 1.62. The lowest BCUT2D eigenvalue weighted by atomic mass is 10.2. The number of nitrogens with one attached hydrogen (secondary N) is 1. The van der Waals surface area contributed by atoms with E-state index in [1.165, 1.54) is 12.0 Å². The minimum atomic E-state index is -0.513. The molecule has 0 spiro atoms. The Morgan fingerprint density at radius 2 is 1.45 bits per heavy atom. The fraction of sp³-hybridized carbons (Fsp3) is 0.160. The number of hydrogen-bond acceptors (Lipinski definition) is 5. The number of carbonyl (C=O) groups excluding carboxylic acids is 3. The number of anilines is 1. The molecule has 0 aliphatic heterocycles. The lowest BCUT2D eigenvalue weighted by Crippen LogP contribution is -2.37. The maximum Gasteiger partial charge on any atom is 0.254 e. The van der Waals surface area contributed by atoms with Gasteiger partial charge >= 0.3 is 0 Å². The summed E-state index contributed by atoms with van der Waals surface area (Å²) >= 11 is 0. The van der Waals surface area contributed by atoms with Crippen molar-refractivity contribution >= 4 is 23.4 Å². The van der Waals surface area contributed by atoms with Gasteiger partial charge < -0.3 is 25.4 Å². The second-order valence-electron chi connectivity index (χ2n) is 7.08. The second-order valence-corrected chi connectivity index (χ2v) is 7.08. The van der Waals surface area contributed by atoms with Crippen LogP contribution < -0.4 is 20.5 Å². The van der Waals surface area contributed by atoms with Gasteiger partial charge in [-0.1, -0.05) is 12.1 Å². The van der Waals surface area contributed by atoms with Crippen molar-refractivity contribution in [3.8, 4) is 17.2 Å². The molecule has 0 heterocycles. The summed E-state index contributed by atoms with van der Waals surface area (Å²) in [6.07, 6.45) is 0. The molecule has 33 heavy (non-hydrogen) atoms. The van der Waals surface area contributed by atoms with Gasteiger partial charge in [0.1, 0.15) is 23.8 Å². The number of nitrogens with two attached hydrogens (primary N) is 1. The Morgan fingerprint density at radius 1 is 0.879 bits per heavy atom. The topological polar surface area (TPSA) is 111 Å². The first-order valence-electron chi connectivity index (χ1n) is 10.3. The van der Waals surface area contributed by atoms with Crippen molar-refractivity contribution in [3.05, 3.63) is 83.9 Å². The quantitative estimate of drug-likeness (QED) is 0.520. The number of likely N-dealkylation sites (N-methyl/N-ethyl adjacent to an activating group) is 1. The molecule has 3 aromatic carbocycles. The van der Waals surface area contributed by atoms with Crippen LogP contribution in [0, 0.1) is 0 Å². The molecule has 170 valence electrons. The number of methoxy groups -OCH3 is 1. The highest BCUT2D eigenvalue weighted by Crippen LogP contribution is 2.24. The molecule has 0 aliphatic carbocycles. The normalized spacial score (nSPS) is 10.2. The number of carbonyl (C=O) groups is 3. The van der Waals surface area contributed by atoms with Crippen molar-refractivity contribution in [3.63, 3.8) is 0 Å². The molecule has 3 N–H and O–H groups in total. The van der Waals surface area contributed by atoms with Gasteiger partial charge in [-0.15, -0.1) is 0 Å². The van der Waals surface area contributed by atoms with Crippen LogP contribution in [0.15, 0.2) is 72.8 Å². The van der Waals surface area contributed by atoms with E-state index in [0.29, 0.717) is 40.6 Å². The highest BCUT2D eigenvalue weighted by atomic mass is 16.5. The summed E-state index contributed by atoms with van der Waals surface area (Å²) < 4.78 is 11.0. The largest absolute Gasteiger partial charge is 0.495 e. The third-order valence-electron chi connectivity index (χ3n) is 4.86. The Morgan fingerprint density at radius 3 is 2.00 bits per heavy atom. The van der Waals surface area contributed by atoms with Crippen LogP contribution in [0.5, 0.6) is 17.2 Å². The Bertz CT molecular complexity index is 1130. The van der Waals surface area contributed by atoms with Gasteiger partial charge in [0.2, 0.25) is 11.8 Å². The molecule has 0 fully saturated rings. The highest BCUT2D eigenvalue weighted by molar-refractivity contribution is 6.00. The third-order valence-corrected chi connectivity index (χ3v) is 4.86. The maximum atomic E-state index is 12.9. The van der Waals surface area contributed by atoms with Crippen LogP contribution >= 0.6 is 0 Å². The Labute approximate surface area is 191 Å². The summed E-state index contributed by atoms with van der Waals surface area (Å²) in [6, 6.07) is 20.1. The highest BCUT2D eigenvalue weighted by Gasteiger charge is 2.18. The molecule has 0 unspecified atom stereocenters. The zero-order chi connectivity index (χ0) is 23.8. The average molecular weight is 447 g/mol. The van der Waals surface area contributed by atoms with E-state index in [9.17, 15) is 14.4 Å². The molecular weight excluding hydrogens is 422 g/mol. The van der Waals surface area contributed by atoms with E-state index in [0.717, 1.165) is 0 Å². The van der Waals surface area contributed by atoms with Gasteiger partial charge in [-0.05, 0) is 67.6 Å². The van der Waals surface area contributed by atoms with Gasteiger partial charge in [0.15, 0.2) is 0 Å². The van der Waals surface area contributed by atoms with Gasteiger partial charge in [0.25, 0.3) is 5.91 Å². The smallest absolute Gasteiger partial charge is 0.254 e. The van der Waals surface area contributed by atoms with Crippen LogP contribution in [0.3, 0.4) is 0 Å². The Kier molecular flexibility index (Phi) is 7.64. The van der Waals surface area contributed by atoms with Gasteiger partial charge in [-0.25, -0.2) is 0 Å². The van der Waals surface area contributed by atoms with Crippen molar-refractivity contribution < 1.29 is 23.9 Å². The minimum absolute atomic E-state index is 0.0994. The summed E-state index contributed by atoms with van der Waals surface area (Å²) in [5.41, 5.74) is 6.59. The molecular formula is C25H25N3O5. The molecule has 0 saturated heterocycles. The van der Waals surface area contributed by atoms with E-state index in [-0.39, 0.29) is 18.4 Å². The number of nitrogens with zero attached hydrogens (tertiary/aromatic N) is 1. The van der Waals surface area contributed by atoms with E-state index in [1.807, 2.05) is 6.92 Å². The van der Waals surface area contributed by atoms with Gasteiger partial charge in [-0.3, -0.25) is 14.4 Å². The van der Waals surface area contributed by atoms with E-state index in [2.05, 4.69) is 5.32 Å². The maximum absolute atomic E-state index is 12.9. The van der Waals surface area contributed by atoms with E-state index in [4.69, 9.17) is 15.2 Å². The molecule has 0 radical (unpaired) electrons. The summed E-state index contributed by atoms with van der Waals surface area (Å²) in [5.74, 6) is 0.485. The van der Waals surface area contributed by atoms with Gasteiger partial charge in [0.05, 0.1) is 12.8 Å². The number of hydrogen-bond donors (Lipinski definition) is 2. The van der Waals surface area contributed by atoms with E-state index >= 15 is 0 Å².